The first kappa shape index (κ1) is 11.6. The van der Waals surface area contributed by atoms with Crippen molar-refractivity contribution in [3.63, 3.8) is 0 Å². The number of nitrogens with zero attached hydrogens (tertiary/aromatic N) is 2. The summed E-state index contributed by atoms with van der Waals surface area (Å²) in [4.78, 5) is 24.6. The fourth-order valence-corrected chi connectivity index (χ4v) is 2.23. The van der Waals surface area contributed by atoms with Crippen LogP contribution in [-0.4, -0.2) is 44.7 Å². The van der Waals surface area contributed by atoms with Gasteiger partial charge < -0.3 is 10.0 Å². The molecule has 0 aliphatic carbocycles. The molecule has 0 radical (unpaired) electrons. The van der Waals surface area contributed by atoms with E-state index in [-0.39, 0.29) is 11.9 Å². The number of H-pyrrole nitrogens is 1. The molecule has 2 unspecified atom stereocenters. The highest BCUT2D eigenvalue weighted by Crippen LogP contribution is 2.25. The number of amides is 1. The van der Waals surface area contributed by atoms with E-state index in [1.54, 1.807) is 17.9 Å². The van der Waals surface area contributed by atoms with Gasteiger partial charge >= 0.3 is 5.97 Å². The Balaban J connectivity index is 2.14. The van der Waals surface area contributed by atoms with Crippen LogP contribution in [0.2, 0.25) is 0 Å². The van der Waals surface area contributed by atoms with Crippen LogP contribution < -0.4 is 0 Å². The largest absolute Gasteiger partial charge is 0.481 e. The molecular formula is C11H15N3O3. The molecule has 0 bridgehead atoms. The SMILES string of the molecule is Cc1cc(C(=O)N2CCC(C(=O)O)C2C)n[nH]1. The molecule has 2 rings (SSSR count). The summed E-state index contributed by atoms with van der Waals surface area (Å²) in [6.07, 6.45) is 0.506. The fraction of sp³-hybridized carbons (Fsp3) is 0.545. The van der Waals surface area contributed by atoms with Gasteiger partial charge in [0.15, 0.2) is 0 Å². The van der Waals surface area contributed by atoms with Crippen molar-refractivity contribution in [1.29, 1.82) is 0 Å². The molecule has 0 aromatic carbocycles. The number of aromatic nitrogens is 2. The van der Waals surface area contributed by atoms with Crippen LogP contribution in [-0.2, 0) is 4.79 Å². The van der Waals surface area contributed by atoms with E-state index >= 15 is 0 Å². The van der Waals surface area contributed by atoms with Gasteiger partial charge in [0.25, 0.3) is 5.91 Å². The molecule has 92 valence electrons. The predicted octanol–water partition coefficient (Wildman–Crippen LogP) is 0.653. The summed E-state index contributed by atoms with van der Waals surface area (Å²) in [6, 6.07) is 1.39. The molecule has 1 aliphatic heterocycles. The minimum absolute atomic E-state index is 0.203. The number of hydrogen-bond acceptors (Lipinski definition) is 3. The Morgan fingerprint density at radius 2 is 2.29 bits per heavy atom. The molecule has 1 aromatic heterocycles. The highest BCUT2D eigenvalue weighted by Gasteiger charge is 2.38. The lowest BCUT2D eigenvalue weighted by Gasteiger charge is -2.22. The summed E-state index contributed by atoms with van der Waals surface area (Å²) in [7, 11) is 0. The Morgan fingerprint density at radius 1 is 1.59 bits per heavy atom. The van der Waals surface area contributed by atoms with E-state index in [1.165, 1.54) is 0 Å². The monoisotopic (exact) mass is 237 g/mol. The van der Waals surface area contributed by atoms with Gasteiger partial charge in [0.2, 0.25) is 0 Å². The molecule has 1 saturated heterocycles. The molecule has 17 heavy (non-hydrogen) atoms. The quantitative estimate of drug-likeness (QED) is 0.790. The number of likely N-dealkylation sites (tertiary alicyclic amines) is 1. The number of nitrogens with one attached hydrogen (secondary N) is 1. The third-order valence-corrected chi connectivity index (χ3v) is 3.26. The normalized spacial score (nSPS) is 24.0. The first-order valence-corrected chi connectivity index (χ1v) is 5.56. The Bertz CT molecular complexity index is 455. The van der Waals surface area contributed by atoms with Crippen LogP contribution >= 0.6 is 0 Å². The van der Waals surface area contributed by atoms with Crippen molar-refractivity contribution in [3.8, 4) is 0 Å². The molecule has 1 aromatic rings. The lowest BCUT2D eigenvalue weighted by Crippen LogP contribution is -2.37. The number of aromatic amines is 1. The average Bonchev–Trinajstić information content (AvgIpc) is 2.83. The van der Waals surface area contributed by atoms with Crippen molar-refractivity contribution < 1.29 is 14.7 Å². The molecule has 1 aliphatic rings. The third-order valence-electron chi connectivity index (χ3n) is 3.26. The Labute approximate surface area is 98.6 Å². The number of carboxylic acid groups (broad SMARTS) is 1. The molecule has 6 heteroatoms. The van der Waals surface area contributed by atoms with Crippen LogP contribution in [0.4, 0.5) is 0 Å². The van der Waals surface area contributed by atoms with Gasteiger partial charge in [0.05, 0.1) is 5.92 Å². The summed E-state index contributed by atoms with van der Waals surface area (Å²) in [5.74, 6) is -1.52. The fourth-order valence-electron chi connectivity index (χ4n) is 2.23. The van der Waals surface area contributed by atoms with E-state index in [0.717, 1.165) is 5.69 Å². The van der Waals surface area contributed by atoms with E-state index in [2.05, 4.69) is 10.2 Å². The standard InChI is InChI=1S/C11H15N3O3/c1-6-5-9(13-12-6)10(15)14-4-3-8(7(14)2)11(16)17/h5,7-8H,3-4H2,1-2H3,(H,12,13)(H,16,17). The maximum atomic E-state index is 12.1. The number of carboxylic acids is 1. The Kier molecular flexibility index (Phi) is 2.87. The van der Waals surface area contributed by atoms with Crippen molar-refractivity contribution >= 4 is 11.9 Å². The summed E-state index contributed by atoms with van der Waals surface area (Å²) in [5, 5.41) is 15.6. The van der Waals surface area contributed by atoms with Crippen molar-refractivity contribution in [2.24, 2.45) is 5.92 Å². The van der Waals surface area contributed by atoms with E-state index in [9.17, 15) is 9.59 Å². The molecule has 0 saturated carbocycles. The zero-order valence-electron chi connectivity index (χ0n) is 9.80. The van der Waals surface area contributed by atoms with Crippen LogP contribution in [0.5, 0.6) is 0 Å². The van der Waals surface area contributed by atoms with E-state index < -0.39 is 11.9 Å². The van der Waals surface area contributed by atoms with Crippen LogP contribution in [0.1, 0.15) is 29.5 Å². The Hall–Kier alpha value is -1.85. The zero-order valence-corrected chi connectivity index (χ0v) is 9.80. The van der Waals surface area contributed by atoms with E-state index in [4.69, 9.17) is 5.11 Å². The molecule has 1 fully saturated rings. The molecule has 2 heterocycles. The van der Waals surface area contributed by atoms with Gasteiger partial charge in [-0.25, -0.2) is 0 Å². The number of carbonyl (C=O) groups excluding carboxylic acids is 1. The van der Waals surface area contributed by atoms with Crippen LogP contribution in [0.15, 0.2) is 6.07 Å². The van der Waals surface area contributed by atoms with E-state index in [1.807, 2.05) is 6.92 Å². The first-order valence-electron chi connectivity index (χ1n) is 5.56. The molecule has 2 N–H and O–H groups in total. The molecule has 1 amide bonds. The van der Waals surface area contributed by atoms with Crippen LogP contribution in [0.25, 0.3) is 0 Å². The zero-order chi connectivity index (χ0) is 12.6. The van der Waals surface area contributed by atoms with Gasteiger partial charge in [-0.1, -0.05) is 0 Å². The highest BCUT2D eigenvalue weighted by molar-refractivity contribution is 5.93. The van der Waals surface area contributed by atoms with Gasteiger partial charge in [0.1, 0.15) is 5.69 Å². The number of rotatable bonds is 2. The maximum Gasteiger partial charge on any atom is 0.308 e. The van der Waals surface area contributed by atoms with Crippen molar-refractivity contribution in [2.75, 3.05) is 6.54 Å². The summed E-state index contributed by atoms with van der Waals surface area (Å²) >= 11 is 0. The molecule has 6 nitrogen and oxygen atoms in total. The minimum atomic E-state index is -0.842. The van der Waals surface area contributed by atoms with E-state index in [0.29, 0.717) is 18.7 Å². The van der Waals surface area contributed by atoms with Gasteiger partial charge in [-0.2, -0.15) is 5.10 Å². The second-order valence-electron chi connectivity index (χ2n) is 4.41. The third kappa shape index (κ3) is 2.02. The van der Waals surface area contributed by atoms with Crippen LogP contribution in [0.3, 0.4) is 0 Å². The smallest absolute Gasteiger partial charge is 0.308 e. The van der Waals surface area contributed by atoms with Gasteiger partial charge in [-0.3, -0.25) is 14.7 Å². The summed E-state index contributed by atoms with van der Waals surface area (Å²) in [6.45, 7) is 4.06. The number of hydrogen-bond donors (Lipinski definition) is 2. The number of aryl methyl sites for hydroxylation is 1. The second kappa shape index (κ2) is 4.20. The van der Waals surface area contributed by atoms with Crippen molar-refractivity contribution in [3.05, 3.63) is 17.5 Å². The van der Waals surface area contributed by atoms with Gasteiger partial charge in [0, 0.05) is 18.3 Å². The summed E-state index contributed by atoms with van der Waals surface area (Å²) < 4.78 is 0. The van der Waals surface area contributed by atoms with Crippen molar-refractivity contribution in [2.45, 2.75) is 26.3 Å². The molecule has 2 atom stereocenters. The average molecular weight is 237 g/mol. The lowest BCUT2D eigenvalue weighted by atomic mass is 10.0. The predicted molar refractivity (Wildman–Crippen MR) is 59.6 cm³/mol. The highest BCUT2D eigenvalue weighted by atomic mass is 16.4. The topological polar surface area (TPSA) is 86.3 Å². The van der Waals surface area contributed by atoms with Gasteiger partial charge in [-0.05, 0) is 26.3 Å². The number of carbonyl (C=O) groups is 2. The Morgan fingerprint density at radius 3 is 2.76 bits per heavy atom. The molecular weight excluding hydrogens is 222 g/mol. The van der Waals surface area contributed by atoms with Crippen molar-refractivity contribution in [1.82, 2.24) is 15.1 Å². The minimum Gasteiger partial charge on any atom is -0.481 e. The second-order valence-corrected chi connectivity index (χ2v) is 4.41. The lowest BCUT2D eigenvalue weighted by molar-refractivity contribution is -0.142. The summed E-state index contributed by atoms with van der Waals surface area (Å²) in [5.41, 5.74) is 1.16. The maximum absolute atomic E-state index is 12.1. The molecule has 0 spiro atoms. The first-order chi connectivity index (χ1) is 8.00. The van der Waals surface area contributed by atoms with Gasteiger partial charge in [-0.15, -0.1) is 0 Å². The number of aliphatic carboxylic acids is 1. The van der Waals surface area contributed by atoms with Crippen LogP contribution in [0, 0.1) is 12.8 Å².